The summed E-state index contributed by atoms with van der Waals surface area (Å²) in [5.74, 6) is 0.457. The molecule has 0 saturated carbocycles. The van der Waals surface area contributed by atoms with Gasteiger partial charge in [0, 0.05) is 53.4 Å². The van der Waals surface area contributed by atoms with E-state index in [0.717, 1.165) is 23.7 Å². The summed E-state index contributed by atoms with van der Waals surface area (Å²) < 4.78 is 0. The molecule has 1 atom stereocenters. The quantitative estimate of drug-likeness (QED) is 0.619. The first-order valence-corrected chi connectivity index (χ1v) is 10.8. The highest BCUT2D eigenvalue weighted by atomic mass is 35.5. The Morgan fingerprint density at radius 3 is 2.77 bits per heavy atom. The minimum absolute atomic E-state index is 0.0221. The fraction of sp³-hybridized carbons (Fsp3) is 0.304. The Kier molecular flexibility index (Phi) is 6.32. The summed E-state index contributed by atoms with van der Waals surface area (Å²) in [5, 5.41) is 7.71. The Balaban J connectivity index is 1.41. The molecule has 2 amide bonds. The standard InChI is InChI=1S/C23H24ClN5O2/c1-2-21(30)26-18-9-6-15(7-10-18)22(31)29-11-3-4-19(14-29)27-23-25-13-16-5-8-17(24)12-20(16)28-23/h5-10,12-13,19H,2-4,11,14H2,1H3,(H,26,30)(H,25,27,28)/t19-/m1/s1. The van der Waals surface area contributed by atoms with E-state index >= 15 is 0 Å². The van der Waals surface area contributed by atoms with Gasteiger partial charge in [0.2, 0.25) is 11.9 Å². The normalized spacial score (nSPS) is 16.2. The lowest BCUT2D eigenvalue weighted by Crippen LogP contribution is -2.45. The van der Waals surface area contributed by atoms with Crippen LogP contribution in [0.5, 0.6) is 0 Å². The average Bonchev–Trinajstić information content (AvgIpc) is 2.79. The van der Waals surface area contributed by atoms with Crippen molar-refractivity contribution < 1.29 is 9.59 Å². The number of likely N-dealkylation sites (tertiary alicyclic amines) is 1. The average molecular weight is 438 g/mol. The Bertz CT molecular complexity index is 1100. The predicted octanol–water partition coefficient (Wildman–Crippen LogP) is 4.35. The first kappa shape index (κ1) is 21.1. The highest BCUT2D eigenvalue weighted by molar-refractivity contribution is 6.31. The number of hydrogen-bond donors (Lipinski definition) is 2. The second-order valence-electron chi connectivity index (χ2n) is 7.61. The van der Waals surface area contributed by atoms with Crippen LogP contribution in [-0.2, 0) is 4.79 Å². The molecule has 0 radical (unpaired) electrons. The fourth-order valence-corrected chi connectivity index (χ4v) is 3.82. The van der Waals surface area contributed by atoms with Crippen molar-refractivity contribution in [2.24, 2.45) is 0 Å². The molecule has 8 heteroatoms. The molecule has 160 valence electrons. The second-order valence-corrected chi connectivity index (χ2v) is 8.05. The minimum Gasteiger partial charge on any atom is -0.350 e. The van der Waals surface area contributed by atoms with Gasteiger partial charge in [0.05, 0.1) is 5.52 Å². The number of amides is 2. The van der Waals surface area contributed by atoms with Crippen molar-refractivity contribution in [3.8, 4) is 0 Å². The molecule has 2 heterocycles. The van der Waals surface area contributed by atoms with Crippen LogP contribution in [0.3, 0.4) is 0 Å². The van der Waals surface area contributed by atoms with Crippen molar-refractivity contribution in [1.29, 1.82) is 0 Å². The zero-order valence-corrected chi connectivity index (χ0v) is 18.0. The van der Waals surface area contributed by atoms with E-state index in [-0.39, 0.29) is 17.9 Å². The molecule has 3 aromatic rings. The third-order valence-corrected chi connectivity index (χ3v) is 5.56. The maximum atomic E-state index is 13.0. The summed E-state index contributed by atoms with van der Waals surface area (Å²) in [4.78, 5) is 35.3. The molecule has 1 aliphatic heterocycles. The Morgan fingerprint density at radius 1 is 1.19 bits per heavy atom. The third-order valence-electron chi connectivity index (χ3n) is 5.32. The zero-order chi connectivity index (χ0) is 21.8. The van der Waals surface area contributed by atoms with Gasteiger partial charge in [-0.3, -0.25) is 9.59 Å². The van der Waals surface area contributed by atoms with Gasteiger partial charge in [-0.25, -0.2) is 9.97 Å². The van der Waals surface area contributed by atoms with E-state index in [1.54, 1.807) is 37.4 Å². The molecule has 1 aliphatic rings. The number of hydrogen-bond acceptors (Lipinski definition) is 5. The van der Waals surface area contributed by atoms with Crippen molar-refractivity contribution in [3.05, 3.63) is 59.2 Å². The van der Waals surface area contributed by atoms with Crippen molar-refractivity contribution >= 4 is 46.0 Å². The van der Waals surface area contributed by atoms with Crippen molar-refractivity contribution in [2.75, 3.05) is 23.7 Å². The Morgan fingerprint density at radius 2 is 2.00 bits per heavy atom. The number of nitrogens with one attached hydrogen (secondary N) is 2. The maximum absolute atomic E-state index is 13.0. The lowest BCUT2D eigenvalue weighted by Gasteiger charge is -2.33. The molecule has 0 bridgehead atoms. The largest absolute Gasteiger partial charge is 0.350 e. The monoisotopic (exact) mass is 437 g/mol. The van der Waals surface area contributed by atoms with Gasteiger partial charge < -0.3 is 15.5 Å². The summed E-state index contributed by atoms with van der Waals surface area (Å²) in [6.45, 7) is 3.08. The van der Waals surface area contributed by atoms with Gasteiger partial charge in [0.1, 0.15) is 0 Å². The van der Waals surface area contributed by atoms with Gasteiger partial charge in [0.25, 0.3) is 5.91 Å². The fourth-order valence-electron chi connectivity index (χ4n) is 3.66. The molecule has 1 fully saturated rings. The molecule has 4 rings (SSSR count). The molecule has 1 aromatic heterocycles. The van der Waals surface area contributed by atoms with E-state index in [2.05, 4.69) is 20.6 Å². The number of piperidine rings is 1. The molecule has 0 unspecified atom stereocenters. The number of aromatic nitrogens is 2. The lowest BCUT2D eigenvalue weighted by atomic mass is 10.0. The zero-order valence-electron chi connectivity index (χ0n) is 17.3. The number of halogens is 1. The first-order chi connectivity index (χ1) is 15.0. The number of nitrogens with zero attached hydrogens (tertiary/aromatic N) is 3. The van der Waals surface area contributed by atoms with Gasteiger partial charge >= 0.3 is 0 Å². The molecule has 0 aliphatic carbocycles. The summed E-state index contributed by atoms with van der Waals surface area (Å²) in [7, 11) is 0. The van der Waals surface area contributed by atoms with Gasteiger partial charge in [-0.15, -0.1) is 0 Å². The van der Waals surface area contributed by atoms with Gasteiger partial charge in [-0.2, -0.15) is 0 Å². The van der Waals surface area contributed by atoms with Crippen molar-refractivity contribution in [3.63, 3.8) is 0 Å². The summed E-state index contributed by atoms with van der Waals surface area (Å²) in [5.41, 5.74) is 2.07. The number of carbonyl (C=O) groups is 2. The van der Waals surface area contributed by atoms with Crippen LogP contribution in [0.1, 0.15) is 36.5 Å². The van der Waals surface area contributed by atoms with Crippen LogP contribution in [-0.4, -0.2) is 45.8 Å². The number of rotatable bonds is 5. The van der Waals surface area contributed by atoms with Crippen LogP contribution in [0.4, 0.5) is 11.6 Å². The predicted molar refractivity (Wildman–Crippen MR) is 122 cm³/mol. The SMILES string of the molecule is CCC(=O)Nc1ccc(C(=O)N2CCC[C@@H](Nc3ncc4ccc(Cl)cc4n3)C2)cc1. The van der Waals surface area contributed by atoms with Crippen LogP contribution in [0, 0.1) is 0 Å². The van der Waals surface area contributed by atoms with E-state index in [1.807, 2.05) is 23.1 Å². The molecular weight excluding hydrogens is 414 g/mol. The third kappa shape index (κ3) is 5.11. The molecule has 2 N–H and O–H groups in total. The van der Waals surface area contributed by atoms with E-state index in [4.69, 9.17) is 11.6 Å². The highest BCUT2D eigenvalue weighted by Crippen LogP contribution is 2.21. The minimum atomic E-state index is -0.0535. The topological polar surface area (TPSA) is 87.2 Å². The molecular formula is C23H24ClN5O2. The van der Waals surface area contributed by atoms with Crippen molar-refractivity contribution in [1.82, 2.24) is 14.9 Å². The van der Waals surface area contributed by atoms with E-state index in [1.165, 1.54) is 0 Å². The summed E-state index contributed by atoms with van der Waals surface area (Å²) >= 11 is 6.07. The van der Waals surface area contributed by atoms with Crippen LogP contribution < -0.4 is 10.6 Å². The Hall–Kier alpha value is -3.19. The van der Waals surface area contributed by atoms with Gasteiger partial charge in [0.15, 0.2) is 0 Å². The van der Waals surface area contributed by atoms with E-state index < -0.39 is 0 Å². The first-order valence-electron chi connectivity index (χ1n) is 10.4. The number of fused-ring (bicyclic) bond motifs is 1. The van der Waals surface area contributed by atoms with E-state index in [0.29, 0.717) is 41.7 Å². The maximum Gasteiger partial charge on any atom is 0.253 e. The van der Waals surface area contributed by atoms with Gasteiger partial charge in [-0.1, -0.05) is 18.5 Å². The number of anilines is 2. The van der Waals surface area contributed by atoms with Gasteiger partial charge in [-0.05, 0) is 55.3 Å². The number of benzene rings is 2. The molecule has 2 aromatic carbocycles. The van der Waals surface area contributed by atoms with Crippen molar-refractivity contribution in [2.45, 2.75) is 32.2 Å². The van der Waals surface area contributed by atoms with Crippen LogP contribution in [0.25, 0.3) is 10.9 Å². The highest BCUT2D eigenvalue weighted by Gasteiger charge is 2.25. The Labute approximate surface area is 185 Å². The molecule has 7 nitrogen and oxygen atoms in total. The smallest absolute Gasteiger partial charge is 0.253 e. The summed E-state index contributed by atoms with van der Waals surface area (Å²) in [6.07, 6.45) is 4.01. The second kappa shape index (κ2) is 9.31. The van der Waals surface area contributed by atoms with Crippen LogP contribution >= 0.6 is 11.6 Å². The van der Waals surface area contributed by atoms with Crippen LogP contribution in [0.15, 0.2) is 48.7 Å². The molecule has 1 saturated heterocycles. The molecule has 31 heavy (non-hydrogen) atoms. The lowest BCUT2D eigenvalue weighted by molar-refractivity contribution is -0.115. The summed E-state index contributed by atoms with van der Waals surface area (Å²) in [6, 6.07) is 12.6. The number of carbonyl (C=O) groups excluding carboxylic acids is 2. The van der Waals surface area contributed by atoms with Crippen LogP contribution in [0.2, 0.25) is 5.02 Å². The molecule has 0 spiro atoms. The van der Waals surface area contributed by atoms with E-state index in [9.17, 15) is 9.59 Å².